The molecule has 0 aliphatic carbocycles. The second-order valence-corrected chi connectivity index (χ2v) is 8.23. The lowest BCUT2D eigenvalue weighted by molar-refractivity contribution is -0.115. The molecule has 0 saturated heterocycles. The van der Waals surface area contributed by atoms with Gasteiger partial charge in [-0.05, 0) is 68.4 Å². The molecule has 0 bridgehead atoms. The second-order valence-electron chi connectivity index (χ2n) is 7.39. The van der Waals surface area contributed by atoms with Gasteiger partial charge in [-0.3, -0.25) is 9.59 Å². The summed E-state index contributed by atoms with van der Waals surface area (Å²) in [5, 5.41) is 11.2. The fraction of sp³-hybridized carbons (Fsp3) is 0.125. The van der Waals surface area contributed by atoms with Gasteiger partial charge in [0, 0.05) is 27.7 Å². The number of furan rings is 1. The summed E-state index contributed by atoms with van der Waals surface area (Å²) in [6, 6.07) is 15.2. The monoisotopic (exact) mass is 482 g/mol. The zero-order chi connectivity index (χ0) is 23.5. The zero-order valence-electron chi connectivity index (χ0n) is 17.9. The molecular formula is C24H20Cl2N4O3. The summed E-state index contributed by atoms with van der Waals surface area (Å²) < 4.78 is 6.79. The van der Waals surface area contributed by atoms with Crippen LogP contribution in [0.25, 0.3) is 5.69 Å². The summed E-state index contributed by atoms with van der Waals surface area (Å²) in [6.07, 6.45) is 1.59. The van der Waals surface area contributed by atoms with E-state index < -0.39 is 0 Å². The summed E-state index contributed by atoms with van der Waals surface area (Å²) in [7, 11) is 0. The van der Waals surface area contributed by atoms with Crippen molar-refractivity contribution >= 4 is 46.4 Å². The number of amides is 2. The van der Waals surface area contributed by atoms with Crippen molar-refractivity contribution in [2.75, 3.05) is 10.6 Å². The van der Waals surface area contributed by atoms with Gasteiger partial charge in [-0.15, -0.1) is 0 Å². The summed E-state index contributed by atoms with van der Waals surface area (Å²) in [5.74, 6) is -0.311. The first-order chi connectivity index (χ1) is 15.8. The third-order valence-electron chi connectivity index (χ3n) is 5.09. The van der Waals surface area contributed by atoms with Crippen LogP contribution in [-0.2, 0) is 11.2 Å². The molecule has 0 aliphatic rings. The number of nitrogens with one attached hydrogen (secondary N) is 2. The minimum atomic E-state index is -0.347. The number of nitrogens with zero attached hydrogens (tertiary/aromatic N) is 2. The lowest BCUT2D eigenvalue weighted by Crippen LogP contribution is -2.15. The molecule has 2 heterocycles. The van der Waals surface area contributed by atoms with E-state index >= 15 is 0 Å². The maximum atomic E-state index is 12.7. The number of aryl methyl sites for hydroxylation is 1. The molecule has 0 unspecified atom stereocenters. The Hall–Kier alpha value is -3.55. The average molecular weight is 483 g/mol. The van der Waals surface area contributed by atoms with E-state index in [4.69, 9.17) is 27.6 Å². The van der Waals surface area contributed by atoms with Crippen molar-refractivity contribution in [3.8, 4) is 5.69 Å². The van der Waals surface area contributed by atoms with E-state index in [2.05, 4.69) is 15.7 Å². The van der Waals surface area contributed by atoms with Crippen LogP contribution in [0.3, 0.4) is 0 Å². The molecule has 0 atom stereocenters. The van der Waals surface area contributed by atoms with Crippen LogP contribution < -0.4 is 10.6 Å². The van der Waals surface area contributed by atoms with E-state index in [1.807, 2.05) is 13.8 Å². The van der Waals surface area contributed by atoms with Gasteiger partial charge < -0.3 is 15.1 Å². The molecule has 9 heteroatoms. The minimum Gasteiger partial charge on any atom is -0.459 e. The third kappa shape index (κ3) is 5.10. The number of hydrogen-bond acceptors (Lipinski definition) is 4. The van der Waals surface area contributed by atoms with Crippen LogP contribution in [-0.4, -0.2) is 21.6 Å². The van der Waals surface area contributed by atoms with Crippen LogP contribution in [0.5, 0.6) is 0 Å². The van der Waals surface area contributed by atoms with Crippen molar-refractivity contribution in [2.24, 2.45) is 0 Å². The van der Waals surface area contributed by atoms with Crippen molar-refractivity contribution in [3.63, 3.8) is 0 Å². The molecule has 2 N–H and O–H groups in total. The van der Waals surface area contributed by atoms with Crippen molar-refractivity contribution in [3.05, 3.63) is 93.6 Å². The molecule has 0 radical (unpaired) electrons. The second kappa shape index (κ2) is 9.52. The van der Waals surface area contributed by atoms with Crippen LogP contribution in [0, 0.1) is 13.8 Å². The van der Waals surface area contributed by atoms with Gasteiger partial charge in [0.15, 0.2) is 5.76 Å². The Balaban J connectivity index is 1.43. The van der Waals surface area contributed by atoms with Gasteiger partial charge in [-0.25, -0.2) is 4.68 Å². The SMILES string of the molecule is Cc1nn(-c2ccc(Cl)cc2Cl)c(C)c1CC(=O)Nc1ccc(NC(=O)c2ccco2)cc1. The molecule has 2 aromatic carbocycles. The molecule has 4 rings (SSSR count). The van der Waals surface area contributed by atoms with Gasteiger partial charge in [-0.1, -0.05) is 23.2 Å². The van der Waals surface area contributed by atoms with E-state index in [1.54, 1.807) is 59.3 Å². The smallest absolute Gasteiger partial charge is 0.291 e. The van der Waals surface area contributed by atoms with Crippen LogP contribution in [0.2, 0.25) is 10.0 Å². The summed E-state index contributed by atoms with van der Waals surface area (Å²) in [5.41, 5.74) is 4.27. The number of carbonyl (C=O) groups is 2. The van der Waals surface area contributed by atoms with Crippen LogP contribution in [0.4, 0.5) is 11.4 Å². The highest BCUT2D eigenvalue weighted by Crippen LogP contribution is 2.27. The topological polar surface area (TPSA) is 89.2 Å². The Morgan fingerprint density at radius 1 is 1.00 bits per heavy atom. The molecule has 2 amide bonds. The van der Waals surface area contributed by atoms with E-state index in [0.717, 1.165) is 17.0 Å². The Labute approximate surface area is 200 Å². The minimum absolute atomic E-state index is 0.153. The number of halogens is 2. The number of aromatic nitrogens is 2. The first-order valence-electron chi connectivity index (χ1n) is 10.1. The van der Waals surface area contributed by atoms with Crippen LogP contribution >= 0.6 is 23.2 Å². The van der Waals surface area contributed by atoms with Gasteiger partial charge in [-0.2, -0.15) is 5.10 Å². The Morgan fingerprint density at radius 2 is 1.70 bits per heavy atom. The highest BCUT2D eigenvalue weighted by molar-refractivity contribution is 6.35. The summed E-state index contributed by atoms with van der Waals surface area (Å²) >= 11 is 12.3. The zero-order valence-corrected chi connectivity index (χ0v) is 19.4. The van der Waals surface area contributed by atoms with Gasteiger partial charge in [0.05, 0.1) is 29.1 Å². The summed E-state index contributed by atoms with van der Waals surface area (Å²) in [4.78, 5) is 24.7. The Bertz CT molecular complexity index is 1310. The van der Waals surface area contributed by atoms with Crippen LogP contribution in [0.1, 0.15) is 27.5 Å². The van der Waals surface area contributed by atoms with Gasteiger partial charge in [0.25, 0.3) is 5.91 Å². The standard InChI is InChI=1S/C24H20Cl2N4O3/c1-14-19(15(2)30(29-14)21-10-5-16(25)12-20(21)26)13-23(31)27-17-6-8-18(9-7-17)28-24(32)22-4-3-11-33-22/h3-12H,13H2,1-2H3,(H,27,31)(H,28,32). The van der Waals surface area contributed by atoms with Crippen molar-refractivity contribution in [1.82, 2.24) is 9.78 Å². The van der Waals surface area contributed by atoms with Crippen molar-refractivity contribution in [2.45, 2.75) is 20.3 Å². The molecule has 168 valence electrons. The first kappa shape index (κ1) is 22.6. The predicted molar refractivity (Wildman–Crippen MR) is 128 cm³/mol. The van der Waals surface area contributed by atoms with Gasteiger partial charge in [0.1, 0.15) is 0 Å². The molecule has 0 fully saturated rings. The molecule has 33 heavy (non-hydrogen) atoms. The average Bonchev–Trinajstić information content (AvgIpc) is 3.40. The highest BCUT2D eigenvalue weighted by atomic mass is 35.5. The quantitative estimate of drug-likeness (QED) is 0.362. The molecule has 0 spiro atoms. The number of benzene rings is 2. The fourth-order valence-electron chi connectivity index (χ4n) is 3.42. The number of anilines is 2. The fourth-order valence-corrected chi connectivity index (χ4v) is 3.91. The Kier molecular flexibility index (Phi) is 6.53. The first-order valence-corrected chi connectivity index (χ1v) is 10.8. The summed E-state index contributed by atoms with van der Waals surface area (Å²) in [6.45, 7) is 3.75. The number of carbonyl (C=O) groups excluding carboxylic acids is 2. The lowest BCUT2D eigenvalue weighted by atomic mass is 10.1. The molecule has 7 nitrogen and oxygen atoms in total. The Morgan fingerprint density at radius 3 is 2.33 bits per heavy atom. The molecule has 0 saturated carbocycles. The lowest BCUT2D eigenvalue weighted by Gasteiger charge is -2.09. The normalized spacial score (nSPS) is 10.8. The number of hydrogen-bond donors (Lipinski definition) is 2. The molecule has 4 aromatic rings. The van der Waals surface area contributed by atoms with E-state index in [1.165, 1.54) is 6.26 Å². The predicted octanol–water partition coefficient (Wildman–Crippen LogP) is 5.82. The molecular weight excluding hydrogens is 463 g/mol. The van der Waals surface area contributed by atoms with Gasteiger partial charge >= 0.3 is 0 Å². The van der Waals surface area contributed by atoms with E-state index in [-0.39, 0.29) is 24.0 Å². The van der Waals surface area contributed by atoms with Crippen molar-refractivity contribution in [1.29, 1.82) is 0 Å². The third-order valence-corrected chi connectivity index (χ3v) is 5.63. The van der Waals surface area contributed by atoms with Gasteiger partial charge in [0.2, 0.25) is 5.91 Å². The van der Waals surface area contributed by atoms with E-state index in [9.17, 15) is 9.59 Å². The highest BCUT2D eigenvalue weighted by Gasteiger charge is 2.18. The van der Waals surface area contributed by atoms with E-state index in [0.29, 0.717) is 27.1 Å². The van der Waals surface area contributed by atoms with Crippen molar-refractivity contribution < 1.29 is 14.0 Å². The molecule has 2 aromatic heterocycles. The maximum absolute atomic E-state index is 12.7. The molecule has 0 aliphatic heterocycles. The largest absolute Gasteiger partial charge is 0.459 e. The van der Waals surface area contributed by atoms with Crippen LogP contribution in [0.15, 0.2) is 65.3 Å². The number of rotatable bonds is 6. The maximum Gasteiger partial charge on any atom is 0.291 e.